The Hall–Kier alpha value is -1.40. The van der Waals surface area contributed by atoms with E-state index >= 15 is 0 Å². The van der Waals surface area contributed by atoms with E-state index in [1.165, 1.54) is 11.3 Å². The van der Waals surface area contributed by atoms with Crippen molar-refractivity contribution in [2.45, 2.75) is 26.4 Å². The molecule has 0 aromatic carbocycles. The molecular weight excluding hydrogens is 252 g/mol. The van der Waals surface area contributed by atoms with Crippen molar-refractivity contribution >= 4 is 22.6 Å². The van der Waals surface area contributed by atoms with Crippen LogP contribution < -0.4 is 4.74 Å². The second-order valence-electron chi connectivity index (χ2n) is 4.78. The standard InChI is InChI=1S/C12H16N2O3S/c1-12(2,3)17-6-5-16-10-9(8-15)14-4-7-18-11(14)13-10/h4,7-8H,5-6H2,1-3H3. The van der Waals surface area contributed by atoms with Crippen LogP contribution in [0.5, 0.6) is 5.88 Å². The van der Waals surface area contributed by atoms with Gasteiger partial charge in [0.25, 0.3) is 0 Å². The quantitative estimate of drug-likeness (QED) is 0.617. The molecule has 2 aromatic heterocycles. The van der Waals surface area contributed by atoms with Crippen molar-refractivity contribution in [1.29, 1.82) is 0 Å². The minimum Gasteiger partial charge on any atom is -0.474 e. The monoisotopic (exact) mass is 268 g/mol. The van der Waals surface area contributed by atoms with Crippen LogP contribution in [0.3, 0.4) is 0 Å². The predicted molar refractivity (Wildman–Crippen MR) is 69.7 cm³/mol. The van der Waals surface area contributed by atoms with E-state index in [-0.39, 0.29) is 5.60 Å². The van der Waals surface area contributed by atoms with Crippen molar-refractivity contribution in [3.63, 3.8) is 0 Å². The molecule has 0 amide bonds. The fourth-order valence-electron chi connectivity index (χ4n) is 1.48. The average Bonchev–Trinajstić information content (AvgIpc) is 2.82. The first-order valence-electron chi connectivity index (χ1n) is 5.69. The SMILES string of the molecule is CC(C)(C)OCCOc1nc2sccn2c1C=O. The van der Waals surface area contributed by atoms with Crippen LogP contribution in [0.25, 0.3) is 4.96 Å². The summed E-state index contributed by atoms with van der Waals surface area (Å²) in [5.41, 5.74) is 0.257. The highest BCUT2D eigenvalue weighted by Crippen LogP contribution is 2.21. The number of carbonyl (C=O) groups is 1. The van der Waals surface area contributed by atoms with Crippen LogP contribution in [0.15, 0.2) is 11.6 Å². The average molecular weight is 268 g/mol. The molecule has 0 atom stereocenters. The highest BCUT2D eigenvalue weighted by atomic mass is 32.1. The maximum absolute atomic E-state index is 11.0. The van der Waals surface area contributed by atoms with Crippen molar-refractivity contribution in [2.75, 3.05) is 13.2 Å². The van der Waals surface area contributed by atoms with Crippen molar-refractivity contribution in [2.24, 2.45) is 0 Å². The number of nitrogens with zero attached hydrogens (tertiary/aromatic N) is 2. The van der Waals surface area contributed by atoms with Gasteiger partial charge >= 0.3 is 0 Å². The van der Waals surface area contributed by atoms with Gasteiger partial charge in [0, 0.05) is 11.6 Å². The molecule has 0 saturated heterocycles. The highest BCUT2D eigenvalue weighted by molar-refractivity contribution is 7.15. The number of hydrogen-bond acceptors (Lipinski definition) is 5. The summed E-state index contributed by atoms with van der Waals surface area (Å²) in [6.07, 6.45) is 2.56. The van der Waals surface area contributed by atoms with Gasteiger partial charge in [-0.05, 0) is 20.8 Å². The summed E-state index contributed by atoms with van der Waals surface area (Å²) in [5, 5.41) is 1.88. The molecular formula is C12H16N2O3S. The molecule has 2 rings (SSSR count). The normalized spacial score (nSPS) is 11.9. The summed E-state index contributed by atoms with van der Waals surface area (Å²) in [4.78, 5) is 16.0. The molecule has 0 aliphatic rings. The van der Waals surface area contributed by atoms with E-state index in [0.717, 1.165) is 11.2 Å². The van der Waals surface area contributed by atoms with Crippen LogP contribution >= 0.6 is 11.3 Å². The zero-order valence-electron chi connectivity index (χ0n) is 10.7. The number of ether oxygens (including phenoxy) is 2. The summed E-state index contributed by atoms with van der Waals surface area (Å²) >= 11 is 1.46. The largest absolute Gasteiger partial charge is 0.474 e. The van der Waals surface area contributed by atoms with Crippen molar-refractivity contribution in [1.82, 2.24) is 9.38 Å². The van der Waals surface area contributed by atoms with Crippen molar-refractivity contribution in [3.8, 4) is 5.88 Å². The zero-order valence-corrected chi connectivity index (χ0v) is 11.5. The van der Waals surface area contributed by atoms with Crippen LogP contribution in [0, 0.1) is 0 Å². The zero-order chi connectivity index (χ0) is 13.2. The molecule has 0 saturated carbocycles. The molecule has 0 fully saturated rings. The smallest absolute Gasteiger partial charge is 0.244 e. The summed E-state index contributed by atoms with van der Waals surface area (Å²) in [5.74, 6) is 0.370. The first-order valence-corrected chi connectivity index (χ1v) is 6.57. The molecule has 0 spiro atoms. The third kappa shape index (κ3) is 2.88. The molecule has 0 radical (unpaired) electrons. The number of imidazole rings is 1. The lowest BCUT2D eigenvalue weighted by molar-refractivity contribution is -0.0168. The van der Waals surface area contributed by atoms with E-state index in [0.29, 0.717) is 24.8 Å². The lowest BCUT2D eigenvalue weighted by Crippen LogP contribution is -2.22. The first kappa shape index (κ1) is 13.0. The van der Waals surface area contributed by atoms with Gasteiger partial charge in [0.1, 0.15) is 6.61 Å². The van der Waals surface area contributed by atoms with Crippen molar-refractivity contribution < 1.29 is 14.3 Å². The Kier molecular flexibility index (Phi) is 3.68. The lowest BCUT2D eigenvalue weighted by atomic mass is 10.2. The third-order valence-corrected chi connectivity index (χ3v) is 2.99. The minimum absolute atomic E-state index is 0.189. The number of thiazole rings is 1. The van der Waals surface area contributed by atoms with Crippen LogP contribution in [-0.4, -0.2) is 34.5 Å². The Morgan fingerprint density at radius 1 is 1.44 bits per heavy atom. The molecule has 6 heteroatoms. The number of carbonyl (C=O) groups excluding carboxylic acids is 1. The third-order valence-electron chi connectivity index (χ3n) is 2.23. The molecule has 0 aliphatic carbocycles. The Morgan fingerprint density at radius 3 is 2.89 bits per heavy atom. The van der Waals surface area contributed by atoms with Gasteiger partial charge in [0.2, 0.25) is 5.88 Å². The maximum atomic E-state index is 11.0. The minimum atomic E-state index is -0.189. The van der Waals surface area contributed by atoms with Gasteiger partial charge < -0.3 is 9.47 Å². The van der Waals surface area contributed by atoms with Crippen LogP contribution in [-0.2, 0) is 4.74 Å². The Bertz CT molecular complexity index is 539. The van der Waals surface area contributed by atoms with Gasteiger partial charge in [-0.1, -0.05) is 0 Å². The summed E-state index contributed by atoms with van der Waals surface area (Å²) < 4.78 is 12.7. The molecule has 98 valence electrons. The number of aldehydes is 1. The van der Waals surface area contributed by atoms with E-state index in [1.807, 2.05) is 26.2 Å². The number of hydrogen-bond donors (Lipinski definition) is 0. The van der Waals surface area contributed by atoms with Gasteiger partial charge in [-0.15, -0.1) is 11.3 Å². The van der Waals surface area contributed by atoms with E-state index in [9.17, 15) is 4.79 Å². The van der Waals surface area contributed by atoms with Crippen molar-refractivity contribution in [3.05, 3.63) is 17.3 Å². The molecule has 0 N–H and O–H groups in total. The van der Waals surface area contributed by atoms with Crippen LogP contribution in [0.1, 0.15) is 31.3 Å². The maximum Gasteiger partial charge on any atom is 0.244 e. The number of aromatic nitrogens is 2. The molecule has 2 aromatic rings. The fourth-order valence-corrected chi connectivity index (χ4v) is 2.20. The highest BCUT2D eigenvalue weighted by Gasteiger charge is 2.14. The van der Waals surface area contributed by atoms with E-state index in [2.05, 4.69) is 4.98 Å². The van der Waals surface area contributed by atoms with Gasteiger partial charge in [-0.2, -0.15) is 4.98 Å². The van der Waals surface area contributed by atoms with Gasteiger partial charge in [0.05, 0.1) is 12.2 Å². The first-order chi connectivity index (χ1) is 8.51. The molecule has 18 heavy (non-hydrogen) atoms. The summed E-state index contributed by atoms with van der Waals surface area (Å²) in [6, 6.07) is 0. The lowest BCUT2D eigenvalue weighted by Gasteiger charge is -2.19. The molecule has 0 bridgehead atoms. The number of rotatable bonds is 5. The molecule has 0 aliphatic heterocycles. The van der Waals surface area contributed by atoms with E-state index in [1.54, 1.807) is 10.6 Å². The second-order valence-corrected chi connectivity index (χ2v) is 5.66. The van der Waals surface area contributed by atoms with E-state index < -0.39 is 0 Å². The predicted octanol–water partition coefficient (Wildman–Crippen LogP) is 2.40. The van der Waals surface area contributed by atoms with Gasteiger partial charge in [-0.25, -0.2) is 0 Å². The van der Waals surface area contributed by atoms with Crippen LogP contribution in [0.4, 0.5) is 0 Å². The van der Waals surface area contributed by atoms with Gasteiger partial charge in [0.15, 0.2) is 16.9 Å². The number of fused-ring (bicyclic) bond motifs is 1. The second kappa shape index (κ2) is 5.07. The molecule has 0 unspecified atom stereocenters. The summed E-state index contributed by atoms with van der Waals surface area (Å²) in [7, 11) is 0. The Morgan fingerprint density at radius 2 is 2.22 bits per heavy atom. The molecule has 5 nitrogen and oxygen atoms in total. The van der Waals surface area contributed by atoms with E-state index in [4.69, 9.17) is 9.47 Å². The topological polar surface area (TPSA) is 52.8 Å². The van der Waals surface area contributed by atoms with Crippen LogP contribution in [0.2, 0.25) is 0 Å². The van der Waals surface area contributed by atoms with Gasteiger partial charge in [-0.3, -0.25) is 9.20 Å². The Labute approximate surface area is 109 Å². The Balaban J connectivity index is 1.99. The summed E-state index contributed by atoms with van der Waals surface area (Å²) in [6.45, 7) is 6.79. The fraction of sp³-hybridized carbons (Fsp3) is 0.500. The molecule has 2 heterocycles.